The molecule has 0 bridgehead atoms. The third kappa shape index (κ3) is 3.08. The van der Waals surface area contributed by atoms with Crippen molar-refractivity contribution in [1.82, 2.24) is 19.8 Å². The largest absolute Gasteiger partial charge is 0.338 e. The molecule has 1 amide bonds. The summed E-state index contributed by atoms with van der Waals surface area (Å²) in [5.74, 6) is 1.43. The molecule has 0 saturated carbocycles. The average molecular weight is 389 g/mol. The van der Waals surface area contributed by atoms with Gasteiger partial charge in [0.15, 0.2) is 5.13 Å². The molecule has 0 aliphatic carbocycles. The number of likely N-dealkylation sites (tertiary alicyclic amines) is 1. The van der Waals surface area contributed by atoms with Crippen LogP contribution in [0.15, 0.2) is 17.6 Å². The number of hydrogen-bond acceptors (Lipinski definition) is 4. The second-order valence-electron chi connectivity index (χ2n) is 6.32. The highest BCUT2D eigenvalue weighted by Gasteiger charge is 2.38. The van der Waals surface area contributed by atoms with Gasteiger partial charge in [0.2, 0.25) is 0 Å². The van der Waals surface area contributed by atoms with E-state index < -0.39 is 0 Å². The molecule has 0 aromatic carbocycles. The molecule has 1 N–H and O–H groups in total. The zero-order valence-corrected chi connectivity index (χ0v) is 16.1. The van der Waals surface area contributed by atoms with E-state index >= 15 is 0 Å². The summed E-state index contributed by atoms with van der Waals surface area (Å²) in [7, 11) is 0. The topological polar surface area (TPSA) is 50.2 Å². The van der Waals surface area contributed by atoms with Crippen LogP contribution >= 0.6 is 36.2 Å². The molecule has 2 atom stereocenters. The number of halogens is 2. The number of nitrogens with one attached hydrogen (secondary N) is 1. The Balaban J connectivity index is 0.00000104. The molecule has 2 aromatic heterocycles. The van der Waals surface area contributed by atoms with Gasteiger partial charge in [-0.3, -0.25) is 9.36 Å². The monoisotopic (exact) mass is 388 g/mol. The number of aromatic nitrogens is 2. The van der Waals surface area contributed by atoms with Crippen molar-refractivity contribution < 1.29 is 4.79 Å². The number of nitrogens with zero attached hydrogens (tertiary/aromatic N) is 3. The van der Waals surface area contributed by atoms with Crippen LogP contribution in [0, 0.1) is 25.7 Å². The third-order valence-corrected chi connectivity index (χ3v) is 5.71. The van der Waals surface area contributed by atoms with Crippen molar-refractivity contribution in [2.75, 3.05) is 26.2 Å². The summed E-state index contributed by atoms with van der Waals surface area (Å²) in [6.45, 7) is 7.92. The van der Waals surface area contributed by atoms with Gasteiger partial charge in [0.1, 0.15) is 0 Å². The SMILES string of the molecule is Cc1cc(C(=O)N2C[C@H]3CNC[C@H]3C2)c(C)n1-c1nccs1.Cl.Cl. The molecule has 2 saturated heterocycles. The number of thiazole rings is 1. The van der Waals surface area contributed by atoms with Gasteiger partial charge in [-0.25, -0.2) is 4.98 Å². The zero-order valence-electron chi connectivity index (χ0n) is 13.7. The van der Waals surface area contributed by atoms with E-state index in [2.05, 4.69) is 14.9 Å². The van der Waals surface area contributed by atoms with Gasteiger partial charge in [-0.2, -0.15) is 0 Å². The maximum Gasteiger partial charge on any atom is 0.255 e. The van der Waals surface area contributed by atoms with Gasteiger partial charge in [0.25, 0.3) is 5.91 Å². The highest BCUT2D eigenvalue weighted by atomic mass is 35.5. The first kappa shape index (κ1) is 19.2. The van der Waals surface area contributed by atoms with E-state index in [1.165, 1.54) is 0 Å². The molecule has 0 spiro atoms. The van der Waals surface area contributed by atoms with E-state index in [0.717, 1.165) is 48.3 Å². The van der Waals surface area contributed by atoms with Crippen molar-refractivity contribution in [1.29, 1.82) is 0 Å². The van der Waals surface area contributed by atoms with Gasteiger partial charge in [-0.15, -0.1) is 36.2 Å². The first-order chi connectivity index (χ1) is 10.6. The molecule has 2 fully saturated rings. The molecule has 2 aliphatic heterocycles. The Morgan fingerprint density at radius 1 is 1.25 bits per heavy atom. The van der Waals surface area contributed by atoms with Crippen LogP contribution in [-0.2, 0) is 0 Å². The summed E-state index contributed by atoms with van der Waals surface area (Å²) in [5.41, 5.74) is 2.88. The lowest BCUT2D eigenvalue weighted by atomic mass is 10.0. The fraction of sp³-hybridized carbons (Fsp3) is 0.500. The first-order valence-electron chi connectivity index (χ1n) is 7.74. The summed E-state index contributed by atoms with van der Waals surface area (Å²) in [4.78, 5) is 19.3. The van der Waals surface area contributed by atoms with Crippen LogP contribution in [-0.4, -0.2) is 46.5 Å². The van der Waals surface area contributed by atoms with Crippen molar-refractivity contribution in [3.8, 4) is 5.13 Å². The number of carbonyl (C=O) groups excluding carboxylic acids is 1. The van der Waals surface area contributed by atoms with Crippen molar-refractivity contribution >= 4 is 42.1 Å². The van der Waals surface area contributed by atoms with Crippen molar-refractivity contribution in [3.05, 3.63) is 34.6 Å². The van der Waals surface area contributed by atoms with Crippen LogP contribution in [0.2, 0.25) is 0 Å². The average Bonchev–Trinajstić information content (AvgIpc) is 3.20. The second-order valence-corrected chi connectivity index (χ2v) is 7.20. The molecule has 0 radical (unpaired) electrons. The smallest absolute Gasteiger partial charge is 0.255 e. The van der Waals surface area contributed by atoms with Crippen molar-refractivity contribution in [2.45, 2.75) is 13.8 Å². The fourth-order valence-corrected chi connectivity index (χ4v) is 4.54. The summed E-state index contributed by atoms with van der Waals surface area (Å²) in [5, 5.41) is 6.31. The fourth-order valence-electron chi connectivity index (χ4n) is 3.79. The first-order valence-corrected chi connectivity index (χ1v) is 8.62. The summed E-state index contributed by atoms with van der Waals surface area (Å²) in [6, 6.07) is 2.01. The normalized spacial score (nSPS) is 22.0. The summed E-state index contributed by atoms with van der Waals surface area (Å²) in [6.07, 6.45) is 1.80. The second kappa shape index (κ2) is 7.44. The Labute approximate surface area is 158 Å². The number of amides is 1. The van der Waals surface area contributed by atoms with Gasteiger partial charge in [-0.05, 0) is 31.7 Å². The molecule has 5 nitrogen and oxygen atoms in total. The molecular weight excluding hydrogens is 367 g/mol. The Morgan fingerprint density at radius 2 is 1.92 bits per heavy atom. The maximum atomic E-state index is 12.9. The Hall–Kier alpha value is -1.08. The zero-order chi connectivity index (χ0) is 15.3. The van der Waals surface area contributed by atoms with Gasteiger partial charge in [0, 0.05) is 49.1 Å². The molecule has 24 heavy (non-hydrogen) atoms. The highest BCUT2D eigenvalue weighted by Crippen LogP contribution is 2.29. The Morgan fingerprint density at radius 3 is 2.50 bits per heavy atom. The quantitative estimate of drug-likeness (QED) is 0.859. The predicted molar refractivity (Wildman–Crippen MR) is 101 cm³/mol. The molecule has 4 heterocycles. The number of rotatable bonds is 2. The third-order valence-electron chi connectivity index (χ3n) is 4.95. The standard InChI is InChI=1S/C16H20N4OS.2ClH/c1-10-5-14(11(2)20(10)16-18-3-4-22-16)15(21)19-8-12-6-17-7-13(12)9-19;;/h3-5,12-13,17H,6-9H2,1-2H3;2*1H/t12-,13+;;. The lowest BCUT2D eigenvalue weighted by Gasteiger charge is -2.17. The molecule has 0 unspecified atom stereocenters. The van der Waals surface area contributed by atoms with Crippen LogP contribution in [0.5, 0.6) is 0 Å². The van der Waals surface area contributed by atoms with E-state index in [1.54, 1.807) is 17.5 Å². The molecule has 2 aromatic rings. The molecule has 4 rings (SSSR count). The number of hydrogen-bond donors (Lipinski definition) is 1. The van der Waals surface area contributed by atoms with E-state index in [1.807, 2.05) is 30.2 Å². The minimum atomic E-state index is 0. The Bertz CT molecular complexity index is 704. The van der Waals surface area contributed by atoms with Crippen LogP contribution in [0.1, 0.15) is 21.7 Å². The number of carbonyl (C=O) groups is 1. The van der Waals surface area contributed by atoms with E-state index in [4.69, 9.17) is 0 Å². The Kier molecular flexibility index (Phi) is 5.96. The number of fused-ring (bicyclic) bond motifs is 1. The van der Waals surface area contributed by atoms with E-state index in [0.29, 0.717) is 11.8 Å². The molecule has 8 heteroatoms. The van der Waals surface area contributed by atoms with Crippen molar-refractivity contribution in [2.24, 2.45) is 11.8 Å². The van der Waals surface area contributed by atoms with E-state index in [-0.39, 0.29) is 30.7 Å². The lowest BCUT2D eigenvalue weighted by Crippen LogP contribution is -2.32. The molecule has 132 valence electrons. The van der Waals surface area contributed by atoms with Crippen LogP contribution in [0.3, 0.4) is 0 Å². The minimum absolute atomic E-state index is 0. The van der Waals surface area contributed by atoms with Crippen LogP contribution < -0.4 is 5.32 Å². The number of aryl methyl sites for hydroxylation is 1. The van der Waals surface area contributed by atoms with Crippen molar-refractivity contribution in [3.63, 3.8) is 0 Å². The lowest BCUT2D eigenvalue weighted by molar-refractivity contribution is 0.0781. The van der Waals surface area contributed by atoms with E-state index in [9.17, 15) is 4.79 Å². The van der Waals surface area contributed by atoms with Crippen LogP contribution in [0.4, 0.5) is 0 Å². The van der Waals surface area contributed by atoms with Crippen LogP contribution in [0.25, 0.3) is 5.13 Å². The summed E-state index contributed by atoms with van der Waals surface area (Å²) < 4.78 is 2.08. The molecular formula is C16H22Cl2N4OS. The summed E-state index contributed by atoms with van der Waals surface area (Å²) >= 11 is 1.59. The van der Waals surface area contributed by atoms with Gasteiger partial charge >= 0.3 is 0 Å². The predicted octanol–water partition coefficient (Wildman–Crippen LogP) is 2.69. The highest BCUT2D eigenvalue weighted by molar-refractivity contribution is 7.12. The minimum Gasteiger partial charge on any atom is -0.338 e. The maximum absolute atomic E-state index is 12.9. The molecule has 2 aliphatic rings. The van der Waals surface area contributed by atoms with Gasteiger partial charge in [0.05, 0.1) is 5.56 Å². The van der Waals surface area contributed by atoms with Gasteiger partial charge < -0.3 is 10.2 Å². The van der Waals surface area contributed by atoms with Gasteiger partial charge in [-0.1, -0.05) is 0 Å².